The van der Waals surface area contributed by atoms with Crippen molar-refractivity contribution in [1.29, 1.82) is 0 Å². The number of esters is 1. The lowest BCUT2D eigenvalue weighted by molar-refractivity contribution is 0.0468. The van der Waals surface area contributed by atoms with E-state index in [1.807, 2.05) is 36.6 Å². The van der Waals surface area contributed by atoms with Gasteiger partial charge < -0.3 is 18.8 Å². The Labute approximate surface area is 161 Å². The zero-order valence-electron chi connectivity index (χ0n) is 15.5. The number of hydrogen-bond acceptors (Lipinski definition) is 6. The van der Waals surface area contributed by atoms with Gasteiger partial charge in [0.15, 0.2) is 18.1 Å². The van der Waals surface area contributed by atoms with Crippen molar-refractivity contribution in [2.45, 2.75) is 13.8 Å². The van der Waals surface area contributed by atoms with Gasteiger partial charge in [-0.05, 0) is 44.2 Å². The first-order valence-electron chi connectivity index (χ1n) is 8.75. The number of hydrogen-bond donors (Lipinski definition) is 0. The number of nitrogens with zero attached hydrogens (tertiary/aromatic N) is 2. The second kappa shape index (κ2) is 7.19. The number of pyridine rings is 1. The third kappa shape index (κ3) is 3.22. The number of Topliss-reactive ketones (excluding diaryl/α,β-unsaturated/α-hetero) is 1. The maximum atomic E-state index is 12.6. The highest BCUT2D eigenvalue weighted by atomic mass is 16.7. The molecule has 0 saturated heterocycles. The molecule has 3 aromatic rings. The van der Waals surface area contributed by atoms with E-state index in [9.17, 15) is 9.59 Å². The number of ether oxygens (including phenoxy) is 3. The van der Waals surface area contributed by atoms with Crippen LogP contribution < -0.4 is 9.47 Å². The van der Waals surface area contributed by atoms with Gasteiger partial charge in [-0.15, -0.1) is 0 Å². The van der Waals surface area contributed by atoms with E-state index < -0.39 is 5.97 Å². The topological polar surface area (TPSA) is 79.7 Å². The van der Waals surface area contributed by atoms with Crippen molar-refractivity contribution in [3.63, 3.8) is 0 Å². The summed E-state index contributed by atoms with van der Waals surface area (Å²) in [5.41, 5.74) is 3.18. The van der Waals surface area contributed by atoms with Gasteiger partial charge in [0.05, 0.1) is 0 Å². The van der Waals surface area contributed by atoms with Crippen molar-refractivity contribution in [3.05, 3.63) is 71.3 Å². The summed E-state index contributed by atoms with van der Waals surface area (Å²) >= 11 is 0. The van der Waals surface area contributed by atoms with Crippen LogP contribution in [0.4, 0.5) is 0 Å². The Morgan fingerprint density at radius 3 is 2.71 bits per heavy atom. The molecule has 0 bridgehead atoms. The molecule has 0 unspecified atom stereocenters. The van der Waals surface area contributed by atoms with E-state index in [4.69, 9.17) is 14.2 Å². The number of aryl methyl sites for hydroxylation is 1. The number of aromatic nitrogens is 2. The molecule has 0 amide bonds. The average molecular weight is 378 g/mol. The van der Waals surface area contributed by atoms with E-state index >= 15 is 0 Å². The van der Waals surface area contributed by atoms with E-state index in [1.54, 1.807) is 18.2 Å². The Hall–Kier alpha value is -3.61. The number of ketones is 1. The molecule has 7 nitrogen and oxygen atoms in total. The summed E-state index contributed by atoms with van der Waals surface area (Å²) in [6, 6.07) is 12.3. The first kappa shape index (κ1) is 17.8. The van der Waals surface area contributed by atoms with Crippen molar-refractivity contribution in [3.8, 4) is 17.2 Å². The third-order valence-corrected chi connectivity index (χ3v) is 4.55. The van der Waals surface area contributed by atoms with Crippen LogP contribution in [0, 0.1) is 13.8 Å². The molecule has 0 radical (unpaired) electrons. The molecule has 0 spiro atoms. The number of carbonyl (C=O) groups is 2. The van der Waals surface area contributed by atoms with Gasteiger partial charge in [0.1, 0.15) is 5.69 Å². The average Bonchev–Trinajstić information content (AvgIpc) is 3.29. The molecule has 0 N–H and O–H groups in total. The molecule has 7 heteroatoms. The van der Waals surface area contributed by atoms with Gasteiger partial charge in [-0.1, -0.05) is 6.07 Å². The fourth-order valence-electron chi connectivity index (χ4n) is 3.23. The Kier molecular flexibility index (Phi) is 4.57. The van der Waals surface area contributed by atoms with Crippen molar-refractivity contribution in [2.75, 3.05) is 13.4 Å². The van der Waals surface area contributed by atoms with Crippen LogP contribution in [0.1, 0.15) is 32.2 Å². The first-order valence-corrected chi connectivity index (χ1v) is 8.75. The Morgan fingerprint density at radius 1 is 1.11 bits per heavy atom. The van der Waals surface area contributed by atoms with Crippen molar-refractivity contribution in [1.82, 2.24) is 9.55 Å². The fraction of sp³-hybridized carbons (Fsp3) is 0.190. The molecule has 1 aliphatic rings. The summed E-state index contributed by atoms with van der Waals surface area (Å²) in [5.74, 6) is 0.467. The summed E-state index contributed by atoms with van der Waals surface area (Å²) in [6.07, 6.45) is 1.50. The second-order valence-corrected chi connectivity index (χ2v) is 6.37. The SMILES string of the molecule is Cc1cc(C(=O)COC(=O)c2ccccn2)c(C)n1-c1ccc2c(c1)OCO2. The molecule has 1 aromatic carbocycles. The van der Waals surface area contributed by atoms with Gasteiger partial charge in [0.25, 0.3) is 0 Å². The first-order chi connectivity index (χ1) is 13.5. The van der Waals surface area contributed by atoms with Crippen LogP contribution in [0.2, 0.25) is 0 Å². The van der Waals surface area contributed by atoms with E-state index in [1.165, 1.54) is 12.3 Å². The highest BCUT2D eigenvalue weighted by Gasteiger charge is 2.20. The predicted octanol–water partition coefficient (Wildman–Crippen LogP) is 3.26. The second-order valence-electron chi connectivity index (χ2n) is 6.37. The van der Waals surface area contributed by atoms with E-state index in [0.717, 1.165) is 17.1 Å². The van der Waals surface area contributed by atoms with Gasteiger partial charge in [0, 0.05) is 34.9 Å². The molecule has 1 aliphatic heterocycles. The van der Waals surface area contributed by atoms with Crippen molar-refractivity contribution < 1.29 is 23.8 Å². The molecule has 0 atom stereocenters. The van der Waals surface area contributed by atoms with Gasteiger partial charge in [-0.2, -0.15) is 0 Å². The fourth-order valence-corrected chi connectivity index (χ4v) is 3.23. The Bertz CT molecular complexity index is 1060. The maximum Gasteiger partial charge on any atom is 0.357 e. The monoisotopic (exact) mass is 378 g/mol. The lowest BCUT2D eigenvalue weighted by Crippen LogP contribution is -2.15. The molecule has 4 rings (SSSR count). The van der Waals surface area contributed by atoms with Crippen molar-refractivity contribution in [2.24, 2.45) is 0 Å². The van der Waals surface area contributed by atoms with E-state index in [0.29, 0.717) is 17.1 Å². The zero-order valence-corrected chi connectivity index (χ0v) is 15.5. The number of fused-ring (bicyclic) bond motifs is 1. The van der Waals surface area contributed by atoms with Crippen LogP contribution in [-0.2, 0) is 4.74 Å². The molecular formula is C21H18N2O5. The predicted molar refractivity (Wildman–Crippen MR) is 100 cm³/mol. The zero-order chi connectivity index (χ0) is 19.7. The lowest BCUT2D eigenvalue weighted by atomic mass is 10.1. The summed E-state index contributed by atoms with van der Waals surface area (Å²) in [7, 11) is 0. The van der Waals surface area contributed by atoms with E-state index in [-0.39, 0.29) is 24.9 Å². The largest absolute Gasteiger partial charge is 0.454 e. The van der Waals surface area contributed by atoms with Gasteiger partial charge in [0.2, 0.25) is 12.6 Å². The van der Waals surface area contributed by atoms with Crippen LogP contribution in [0.3, 0.4) is 0 Å². The minimum atomic E-state index is -0.626. The van der Waals surface area contributed by atoms with Crippen LogP contribution in [0.15, 0.2) is 48.7 Å². The summed E-state index contributed by atoms with van der Waals surface area (Å²) in [5, 5.41) is 0. The number of carbonyl (C=O) groups excluding carboxylic acids is 2. The third-order valence-electron chi connectivity index (χ3n) is 4.55. The molecular weight excluding hydrogens is 360 g/mol. The van der Waals surface area contributed by atoms with Crippen LogP contribution in [-0.4, -0.2) is 34.7 Å². The van der Waals surface area contributed by atoms with Gasteiger partial charge in [-0.25, -0.2) is 9.78 Å². The molecule has 2 aromatic heterocycles. The summed E-state index contributed by atoms with van der Waals surface area (Å²) in [4.78, 5) is 28.6. The summed E-state index contributed by atoms with van der Waals surface area (Å²) < 4.78 is 17.9. The minimum absolute atomic E-state index is 0.168. The quantitative estimate of drug-likeness (QED) is 0.501. The summed E-state index contributed by atoms with van der Waals surface area (Å²) in [6.45, 7) is 3.62. The normalized spacial score (nSPS) is 12.1. The smallest absolute Gasteiger partial charge is 0.357 e. The van der Waals surface area contributed by atoms with Gasteiger partial charge in [-0.3, -0.25) is 4.79 Å². The molecule has 0 saturated carbocycles. The van der Waals surface area contributed by atoms with Crippen LogP contribution in [0.5, 0.6) is 11.5 Å². The Morgan fingerprint density at radius 2 is 1.93 bits per heavy atom. The van der Waals surface area contributed by atoms with E-state index in [2.05, 4.69) is 4.98 Å². The van der Waals surface area contributed by atoms with Crippen LogP contribution >= 0.6 is 0 Å². The Balaban J connectivity index is 1.54. The van der Waals surface area contributed by atoms with Crippen molar-refractivity contribution >= 4 is 11.8 Å². The number of benzene rings is 1. The molecule has 28 heavy (non-hydrogen) atoms. The molecule has 142 valence electrons. The highest BCUT2D eigenvalue weighted by Crippen LogP contribution is 2.34. The molecule has 0 aliphatic carbocycles. The van der Waals surface area contributed by atoms with Crippen LogP contribution in [0.25, 0.3) is 5.69 Å². The molecule has 0 fully saturated rings. The molecule has 3 heterocycles. The maximum absolute atomic E-state index is 12.6. The minimum Gasteiger partial charge on any atom is -0.454 e. The lowest BCUT2D eigenvalue weighted by Gasteiger charge is -2.11. The van der Waals surface area contributed by atoms with Gasteiger partial charge >= 0.3 is 5.97 Å². The standard InChI is InChI=1S/C21H18N2O5/c1-13-9-16(18(24)11-26-21(25)17-5-3-4-8-22-17)14(2)23(13)15-6-7-19-20(10-15)28-12-27-19/h3-10H,11-12H2,1-2H3. The number of rotatable bonds is 5. The highest BCUT2D eigenvalue weighted by molar-refractivity contribution is 6.00.